The lowest BCUT2D eigenvalue weighted by atomic mass is 10.1. The molecule has 0 aliphatic heterocycles. The summed E-state index contributed by atoms with van der Waals surface area (Å²) in [5.41, 5.74) is 2.07. The Morgan fingerprint density at radius 3 is 1.46 bits per heavy atom. The molecule has 0 saturated carbocycles. The molecule has 2 N–H and O–H groups in total. The van der Waals surface area contributed by atoms with Gasteiger partial charge in [-0.1, -0.05) is 35.3 Å². The summed E-state index contributed by atoms with van der Waals surface area (Å²) in [6.45, 7) is 0. The van der Waals surface area contributed by atoms with Crippen LogP contribution < -0.4 is 10.9 Å². The first-order valence-corrected chi connectivity index (χ1v) is 8.68. The van der Waals surface area contributed by atoms with E-state index >= 15 is 0 Å². The summed E-state index contributed by atoms with van der Waals surface area (Å²) < 4.78 is 0. The van der Waals surface area contributed by atoms with Crippen molar-refractivity contribution in [2.45, 2.75) is 0 Å². The lowest BCUT2D eigenvalue weighted by Gasteiger charge is -2.08. The molecule has 2 heterocycles. The lowest BCUT2D eigenvalue weighted by molar-refractivity contribution is 1.46. The van der Waals surface area contributed by atoms with Crippen molar-refractivity contribution in [3.63, 3.8) is 0 Å². The smallest absolute Gasteiger partial charge is 0.198 e. The molecule has 6 heteroatoms. The maximum Gasteiger partial charge on any atom is 0.198 e. The molecular formula is C20H10Cl2N2O2. The Morgan fingerprint density at radius 2 is 1.04 bits per heavy atom. The fourth-order valence-electron chi connectivity index (χ4n) is 3.46. The number of aromatic nitrogens is 2. The number of halogens is 2. The minimum atomic E-state index is -0.173. The van der Waals surface area contributed by atoms with E-state index in [1.807, 2.05) is 0 Å². The van der Waals surface area contributed by atoms with Gasteiger partial charge in [0.25, 0.3) is 0 Å². The zero-order chi connectivity index (χ0) is 18.0. The molecular weight excluding hydrogens is 371 g/mol. The molecule has 0 unspecified atom stereocenters. The van der Waals surface area contributed by atoms with Crippen molar-refractivity contribution < 1.29 is 0 Å². The van der Waals surface area contributed by atoms with Gasteiger partial charge in [-0.05, 0) is 36.4 Å². The van der Waals surface area contributed by atoms with Crippen molar-refractivity contribution in [2.75, 3.05) is 0 Å². The highest BCUT2D eigenvalue weighted by molar-refractivity contribution is 6.36. The monoisotopic (exact) mass is 380 g/mol. The minimum Gasteiger partial charge on any atom is -0.354 e. The zero-order valence-corrected chi connectivity index (χ0v) is 14.7. The van der Waals surface area contributed by atoms with Crippen LogP contribution in [0.2, 0.25) is 10.0 Å². The van der Waals surface area contributed by atoms with Crippen LogP contribution in [0.15, 0.2) is 58.1 Å². The molecule has 0 radical (unpaired) electrons. The highest BCUT2D eigenvalue weighted by atomic mass is 35.5. The van der Waals surface area contributed by atoms with Crippen LogP contribution in [0.25, 0.3) is 43.6 Å². The van der Waals surface area contributed by atoms with Gasteiger partial charge in [-0.25, -0.2) is 0 Å². The van der Waals surface area contributed by atoms with Crippen LogP contribution in [0.4, 0.5) is 0 Å². The molecule has 5 rings (SSSR count). The standard InChI is InChI=1S/C20H10Cl2N2O2/c21-11-3-1-5-13-17(11)19(25)9-8-16-10(7-15(9)23-13)20(26)18-12(22)4-2-6-14(18)24-16/h1-8H,(H,23,25)(H,24,26). The summed E-state index contributed by atoms with van der Waals surface area (Å²) in [6, 6.07) is 13.9. The third-order valence-electron chi connectivity index (χ3n) is 4.67. The first-order valence-electron chi connectivity index (χ1n) is 7.93. The third-order valence-corrected chi connectivity index (χ3v) is 5.30. The summed E-state index contributed by atoms with van der Waals surface area (Å²) >= 11 is 12.4. The Balaban J connectivity index is 2.04. The fourth-order valence-corrected chi connectivity index (χ4v) is 3.98. The van der Waals surface area contributed by atoms with Crippen LogP contribution in [0.5, 0.6) is 0 Å². The van der Waals surface area contributed by atoms with E-state index in [-0.39, 0.29) is 10.9 Å². The van der Waals surface area contributed by atoms with Gasteiger partial charge in [0.2, 0.25) is 0 Å². The van der Waals surface area contributed by atoms with Gasteiger partial charge in [0.15, 0.2) is 10.9 Å². The first-order chi connectivity index (χ1) is 12.5. The molecule has 4 nitrogen and oxygen atoms in total. The Morgan fingerprint density at radius 1 is 0.615 bits per heavy atom. The zero-order valence-electron chi connectivity index (χ0n) is 13.2. The SMILES string of the molecule is O=c1c2cc3[nH]c4cccc(Cl)c4c(=O)c3cc2[nH]c2cccc(Cl)c12. The van der Waals surface area contributed by atoms with Gasteiger partial charge in [0.05, 0.1) is 42.9 Å². The fraction of sp³-hybridized carbons (Fsp3) is 0. The molecule has 0 atom stereocenters. The second-order valence-corrected chi connectivity index (χ2v) is 6.99. The molecule has 0 amide bonds. The second-order valence-electron chi connectivity index (χ2n) is 6.18. The molecule has 3 aromatic carbocycles. The van der Waals surface area contributed by atoms with Crippen LogP contribution in [0.1, 0.15) is 0 Å². The molecule has 0 aliphatic rings. The summed E-state index contributed by atoms with van der Waals surface area (Å²) in [7, 11) is 0. The van der Waals surface area contributed by atoms with Gasteiger partial charge in [-0.3, -0.25) is 9.59 Å². The lowest BCUT2D eigenvalue weighted by Crippen LogP contribution is -2.08. The first kappa shape index (κ1) is 15.4. The molecule has 0 spiro atoms. The van der Waals surface area contributed by atoms with Crippen molar-refractivity contribution in [1.29, 1.82) is 0 Å². The highest BCUT2D eigenvalue weighted by Gasteiger charge is 2.13. The van der Waals surface area contributed by atoms with E-state index in [4.69, 9.17) is 23.2 Å². The Hall–Kier alpha value is -2.82. The third kappa shape index (κ3) is 2.03. The maximum absolute atomic E-state index is 12.9. The van der Waals surface area contributed by atoms with Crippen LogP contribution in [0.3, 0.4) is 0 Å². The summed E-state index contributed by atoms with van der Waals surface area (Å²) in [5, 5.41) is 2.60. The maximum atomic E-state index is 12.9. The minimum absolute atomic E-state index is 0.173. The predicted molar refractivity (Wildman–Crippen MR) is 108 cm³/mol. The Labute approximate surface area is 156 Å². The average Bonchev–Trinajstić information content (AvgIpc) is 2.61. The number of hydrogen-bond acceptors (Lipinski definition) is 2. The summed E-state index contributed by atoms with van der Waals surface area (Å²) in [5.74, 6) is 0. The van der Waals surface area contributed by atoms with E-state index in [0.717, 1.165) is 0 Å². The van der Waals surface area contributed by atoms with Crippen molar-refractivity contribution >= 4 is 66.8 Å². The van der Waals surface area contributed by atoms with E-state index in [9.17, 15) is 9.59 Å². The highest BCUT2D eigenvalue weighted by Crippen LogP contribution is 2.26. The number of benzene rings is 3. The quantitative estimate of drug-likeness (QED) is 0.372. The molecule has 5 aromatic rings. The molecule has 0 bridgehead atoms. The van der Waals surface area contributed by atoms with Gasteiger partial charge < -0.3 is 9.97 Å². The van der Waals surface area contributed by atoms with Gasteiger partial charge in [0.1, 0.15) is 0 Å². The normalized spacial score (nSPS) is 11.8. The van der Waals surface area contributed by atoms with Crippen molar-refractivity contribution in [2.24, 2.45) is 0 Å². The van der Waals surface area contributed by atoms with Gasteiger partial charge >= 0.3 is 0 Å². The number of rotatable bonds is 0. The topological polar surface area (TPSA) is 65.7 Å². The number of nitrogens with one attached hydrogen (secondary N) is 2. The van der Waals surface area contributed by atoms with Crippen LogP contribution in [0, 0.1) is 0 Å². The Kier molecular flexibility index (Phi) is 3.17. The van der Waals surface area contributed by atoms with Crippen LogP contribution >= 0.6 is 23.2 Å². The van der Waals surface area contributed by atoms with Crippen LogP contribution in [-0.4, -0.2) is 9.97 Å². The van der Waals surface area contributed by atoms with Crippen molar-refractivity contribution in [1.82, 2.24) is 9.97 Å². The molecule has 0 fully saturated rings. The van der Waals surface area contributed by atoms with E-state index in [2.05, 4.69) is 9.97 Å². The average molecular weight is 381 g/mol. The molecule has 26 heavy (non-hydrogen) atoms. The van der Waals surface area contributed by atoms with Crippen LogP contribution in [-0.2, 0) is 0 Å². The second kappa shape index (κ2) is 5.34. The number of fused-ring (bicyclic) bond motifs is 4. The van der Waals surface area contributed by atoms with Gasteiger partial charge in [-0.2, -0.15) is 0 Å². The number of pyridine rings is 2. The molecule has 126 valence electrons. The summed E-state index contributed by atoms with van der Waals surface area (Å²) in [6.07, 6.45) is 0. The predicted octanol–water partition coefficient (Wildman–Crippen LogP) is 4.98. The molecule has 0 aliphatic carbocycles. The van der Waals surface area contributed by atoms with E-state index < -0.39 is 0 Å². The Bertz CT molecular complexity index is 1380. The number of hydrogen-bond donors (Lipinski definition) is 2. The van der Waals surface area contributed by atoms with E-state index in [1.165, 1.54) is 0 Å². The molecule has 2 aromatic heterocycles. The summed E-state index contributed by atoms with van der Waals surface area (Å²) in [4.78, 5) is 32.3. The molecule has 0 saturated heterocycles. The van der Waals surface area contributed by atoms with Gasteiger partial charge in [0, 0.05) is 10.8 Å². The number of aromatic amines is 2. The van der Waals surface area contributed by atoms with Gasteiger partial charge in [-0.15, -0.1) is 0 Å². The number of H-pyrrole nitrogens is 2. The van der Waals surface area contributed by atoms with E-state index in [1.54, 1.807) is 48.5 Å². The van der Waals surface area contributed by atoms with Crippen molar-refractivity contribution in [3.8, 4) is 0 Å². The largest absolute Gasteiger partial charge is 0.354 e. The van der Waals surface area contributed by atoms with Crippen molar-refractivity contribution in [3.05, 3.63) is 79.0 Å². The van der Waals surface area contributed by atoms with E-state index in [0.29, 0.717) is 53.7 Å².